The highest BCUT2D eigenvalue weighted by Crippen LogP contribution is 2.57. The van der Waals surface area contributed by atoms with Crippen LogP contribution in [0, 0.1) is 0 Å². The Morgan fingerprint density at radius 1 is 1.50 bits per heavy atom. The van der Waals surface area contributed by atoms with Crippen LogP contribution in [0.15, 0.2) is 22.7 Å². The van der Waals surface area contributed by atoms with Crippen molar-refractivity contribution in [3.63, 3.8) is 0 Å². The SMILES string of the molecule is COc1cc(Br)c2c3c1OC1CC(O)C=CC31CCN(C(=O)N(C)C)C2. The standard InChI is InChI=1S/C19H23BrN2O4/c1-21(2)18(24)22-7-6-19-5-4-11(23)8-15(19)26-17-14(25-3)9-13(20)12(10-22)16(17)19/h4-5,9,11,15,23H,6-8,10H2,1-3H3. The second-order valence-corrected chi connectivity index (χ2v) is 8.26. The summed E-state index contributed by atoms with van der Waals surface area (Å²) in [4.78, 5) is 16.1. The van der Waals surface area contributed by atoms with E-state index < -0.39 is 6.10 Å². The number of benzene rings is 1. The summed E-state index contributed by atoms with van der Waals surface area (Å²) in [5.74, 6) is 1.42. The van der Waals surface area contributed by atoms with E-state index in [9.17, 15) is 9.90 Å². The third kappa shape index (κ3) is 2.44. The predicted molar refractivity (Wildman–Crippen MR) is 101 cm³/mol. The van der Waals surface area contributed by atoms with E-state index in [1.54, 1.807) is 26.1 Å². The highest BCUT2D eigenvalue weighted by Gasteiger charge is 2.53. The van der Waals surface area contributed by atoms with Crippen molar-refractivity contribution in [1.82, 2.24) is 9.80 Å². The zero-order valence-corrected chi connectivity index (χ0v) is 16.7. The minimum Gasteiger partial charge on any atom is -0.493 e. The summed E-state index contributed by atoms with van der Waals surface area (Å²) in [5.41, 5.74) is 1.80. The molecular weight excluding hydrogens is 400 g/mol. The number of aliphatic hydroxyl groups excluding tert-OH is 1. The summed E-state index contributed by atoms with van der Waals surface area (Å²) >= 11 is 3.68. The molecule has 0 aromatic heterocycles. The van der Waals surface area contributed by atoms with Crippen LogP contribution in [0.2, 0.25) is 0 Å². The lowest BCUT2D eigenvalue weighted by atomic mass is 9.69. The number of carbonyl (C=O) groups is 1. The van der Waals surface area contributed by atoms with Crippen LogP contribution in [0.3, 0.4) is 0 Å². The van der Waals surface area contributed by atoms with Gasteiger partial charge in [0.25, 0.3) is 0 Å². The van der Waals surface area contributed by atoms with Gasteiger partial charge in [-0.15, -0.1) is 0 Å². The molecule has 4 rings (SSSR count). The third-order valence-electron chi connectivity index (χ3n) is 5.69. The molecule has 0 fully saturated rings. The van der Waals surface area contributed by atoms with Gasteiger partial charge in [0.15, 0.2) is 11.5 Å². The normalized spacial score (nSPS) is 28.7. The number of urea groups is 1. The van der Waals surface area contributed by atoms with E-state index in [2.05, 4.69) is 22.0 Å². The number of rotatable bonds is 1. The van der Waals surface area contributed by atoms with Crippen LogP contribution >= 0.6 is 15.9 Å². The Kier molecular flexibility index (Phi) is 4.19. The number of ether oxygens (including phenoxy) is 2. The molecule has 3 aliphatic rings. The lowest BCUT2D eigenvalue weighted by Crippen LogP contribution is -2.44. The van der Waals surface area contributed by atoms with Gasteiger partial charge in [0, 0.05) is 43.6 Å². The zero-order chi connectivity index (χ0) is 18.6. The van der Waals surface area contributed by atoms with Gasteiger partial charge in [-0.05, 0) is 18.1 Å². The molecular formula is C19H23BrN2O4. The molecule has 1 aliphatic carbocycles. The minimum atomic E-state index is -0.513. The largest absolute Gasteiger partial charge is 0.493 e. The maximum absolute atomic E-state index is 12.6. The number of methoxy groups -OCH3 is 1. The molecule has 140 valence electrons. The van der Waals surface area contributed by atoms with Gasteiger partial charge in [0.1, 0.15) is 6.10 Å². The van der Waals surface area contributed by atoms with Gasteiger partial charge < -0.3 is 24.4 Å². The van der Waals surface area contributed by atoms with Crippen molar-refractivity contribution in [2.24, 2.45) is 0 Å². The van der Waals surface area contributed by atoms with Crippen LogP contribution in [-0.4, -0.2) is 60.9 Å². The molecule has 3 atom stereocenters. The molecule has 7 heteroatoms. The number of carbonyl (C=O) groups excluding carboxylic acids is 1. The Labute approximate surface area is 161 Å². The monoisotopic (exact) mass is 422 g/mol. The van der Waals surface area contributed by atoms with E-state index in [1.807, 2.05) is 17.0 Å². The van der Waals surface area contributed by atoms with Crippen LogP contribution in [0.4, 0.5) is 4.79 Å². The van der Waals surface area contributed by atoms with Crippen LogP contribution in [-0.2, 0) is 12.0 Å². The summed E-state index contributed by atoms with van der Waals surface area (Å²) in [7, 11) is 5.17. The molecule has 1 aromatic carbocycles. The second-order valence-electron chi connectivity index (χ2n) is 7.40. The van der Waals surface area contributed by atoms with E-state index in [0.29, 0.717) is 25.3 Å². The minimum absolute atomic E-state index is 0.00451. The van der Waals surface area contributed by atoms with Crippen molar-refractivity contribution in [1.29, 1.82) is 0 Å². The highest BCUT2D eigenvalue weighted by atomic mass is 79.9. The van der Waals surface area contributed by atoms with Gasteiger partial charge in [-0.1, -0.05) is 28.1 Å². The van der Waals surface area contributed by atoms with Crippen LogP contribution in [0.5, 0.6) is 11.5 Å². The molecule has 1 aromatic rings. The molecule has 2 heterocycles. The molecule has 0 bridgehead atoms. The van der Waals surface area contributed by atoms with Crippen molar-refractivity contribution < 1.29 is 19.4 Å². The van der Waals surface area contributed by atoms with Crippen molar-refractivity contribution in [3.8, 4) is 11.5 Å². The first-order valence-corrected chi connectivity index (χ1v) is 9.57. The maximum Gasteiger partial charge on any atom is 0.319 e. The second kappa shape index (κ2) is 6.16. The van der Waals surface area contributed by atoms with E-state index in [-0.39, 0.29) is 17.6 Å². The van der Waals surface area contributed by atoms with Crippen molar-refractivity contribution >= 4 is 22.0 Å². The number of halogens is 1. The fraction of sp³-hybridized carbons (Fsp3) is 0.526. The topological polar surface area (TPSA) is 62.2 Å². The Hall–Kier alpha value is -1.73. The zero-order valence-electron chi connectivity index (χ0n) is 15.2. The number of hydrogen-bond acceptors (Lipinski definition) is 4. The van der Waals surface area contributed by atoms with E-state index >= 15 is 0 Å². The Balaban J connectivity index is 1.91. The first kappa shape index (κ1) is 17.7. The van der Waals surface area contributed by atoms with Gasteiger partial charge in [-0.2, -0.15) is 0 Å². The van der Waals surface area contributed by atoms with Crippen molar-refractivity contribution in [3.05, 3.63) is 33.8 Å². The van der Waals surface area contributed by atoms with Crippen LogP contribution in [0.1, 0.15) is 24.0 Å². The number of amides is 2. The first-order chi connectivity index (χ1) is 12.4. The first-order valence-electron chi connectivity index (χ1n) is 8.77. The average molecular weight is 423 g/mol. The summed E-state index contributed by atoms with van der Waals surface area (Å²) in [5, 5.41) is 10.1. The quantitative estimate of drug-likeness (QED) is 0.706. The van der Waals surface area contributed by atoms with Crippen molar-refractivity contribution in [2.75, 3.05) is 27.7 Å². The molecule has 0 radical (unpaired) electrons. The lowest BCUT2D eigenvalue weighted by molar-refractivity contribution is 0.0813. The molecule has 2 amide bonds. The molecule has 26 heavy (non-hydrogen) atoms. The fourth-order valence-corrected chi connectivity index (χ4v) is 4.94. The van der Waals surface area contributed by atoms with Gasteiger partial charge in [-0.3, -0.25) is 0 Å². The molecule has 1 spiro atoms. The van der Waals surface area contributed by atoms with Crippen LogP contribution in [0.25, 0.3) is 0 Å². The van der Waals surface area contributed by atoms with E-state index in [1.165, 1.54) is 0 Å². The number of nitrogens with zero attached hydrogens (tertiary/aromatic N) is 2. The van der Waals surface area contributed by atoms with Gasteiger partial charge in [-0.25, -0.2) is 4.79 Å². The van der Waals surface area contributed by atoms with Gasteiger partial charge in [0.2, 0.25) is 0 Å². The Bertz CT molecular complexity index is 794. The highest BCUT2D eigenvalue weighted by molar-refractivity contribution is 9.10. The smallest absolute Gasteiger partial charge is 0.319 e. The molecule has 6 nitrogen and oxygen atoms in total. The third-order valence-corrected chi connectivity index (χ3v) is 6.40. The molecule has 3 unspecified atom stereocenters. The molecule has 2 aliphatic heterocycles. The summed E-state index contributed by atoms with van der Waals surface area (Å²) in [6, 6.07) is 1.90. The summed E-state index contributed by atoms with van der Waals surface area (Å²) in [6.07, 6.45) is 4.55. The number of hydrogen-bond donors (Lipinski definition) is 1. The fourth-order valence-electron chi connectivity index (χ4n) is 4.41. The predicted octanol–water partition coefficient (Wildman–Crippen LogP) is 2.66. The van der Waals surface area contributed by atoms with Gasteiger partial charge in [0.05, 0.1) is 18.6 Å². The molecule has 1 N–H and O–H groups in total. The molecule has 0 saturated heterocycles. The van der Waals surface area contributed by atoms with Crippen LogP contribution < -0.4 is 9.47 Å². The average Bonchev–Trinajstić information content (AvgIpc) is 2.83. The van der Waals surface area contributed by atoms with E-state index in [0.717, 1.165) is 27.8 Å². The van der Waals surface area contributed by atoms with E-state index in [4.69, 9.17) is 9.47 Å². The Morgan fingerprint density at radius 2 is 2.27 bits per heavy atom. The maximum atomic E-state index is 12.6. The summed E-state index contributed by atoms with van der Waals surface area (Å²) in [6.45, 7) is 1.14. The Morgan fingerprint density at radius 3 is 2.96 bits per heavy atom. The summed E-state index contributed by atoms with van der Waals surface area (Å²) < 4.78 is 12.8. The van der Waals surface area contributed by atoms with Crippen molar-refractivity contribution in [2.45, 2.75) is 37.0 Å². The molecule has 0 saturated carbocycles. The van der Waals surface area contributed by atoms with Gasteiger partial charge >= 0.3 is 6.03 Å². The number of aliphatic hydroxyl groups is 1. The lowest BCUT2D eigenvalue weighted by Gasteiger charge is -2.36.